The molecule has 3 nitrogen and oxygen atoms in total. The molecule has 19 heavy (non-hydrogen) atoms. The Kier molecular flexibility index (Phi) is 4.21. The molecular weight excluding hydrogens is 255 g/mol. The minimum absolute atomic E-state index is 0.146. The number of benzene rings is 1. The Morgan fingerprint density at radius 1 is 1.32 bits per heavy atom. The second-order valence-corrected chi connectivity index (χ2v) is 4.15. The zero-order chi connectivity index (χ0) is 13.8. The highest BCUT2D eigenvalue weighted by Gasteiger charge is 2.14. The van der Waals surface area contributed by atoms with Crippen LogP contribution in [0.1, 0.15) is 30.9 Å². The number of hydrogen-bond donors (Lipinski definition) is 1. The van der Waals surface area contributed by atoms with Crippen molar-refractivity contribution in [2.24, 2.45) is 0 Å². The SMILES string of the molecule is C[C@@H](NCc1nccn1C(F)F)c1ccccc1F. The van der Waals surface area contributed by atoms with Crippen molar-refractivity contribution in [1.82, 2.24) is 14.9 Å². The molecule has 0 saturated carbocycles. The molecule has 0 saturated heterocycles. The van der Waals surface area contributed by atoms with Crippen molar-refractivity contribution in [3.05, 3.63) is 53.9 Å². The number of halogens is 3. The van der Waals surface area contributed by atoms with Crippen molar-refractivity contribution in [2.45, 2.75) is 26.1 Å². The Labute approximate surface area is 109 Å². The fraction of sp³-hybridized carbons (Fsp3) is 0.308. The molecule has 1 aromatic heterocycles. The Morgan fingerprint density at radius 2 is 2.05 bits per heavy atom. The Morgan fingerprint density at radius 3 is 2.74 bits per heavy atom. The minimum Gasteiger partial charge on any atom is -0.303 e. The maximum absolute atomic E-state index is 13.5. The number of nitrogens with one attached hydrogen (secondary N) is 1. The fourth-order valence-electron chi connectivity index (χ4n) is 1.84. The molecule has 0 aliphatic heterocycles. The van der Waals surface area contributed by atoms with E-state index in [4.69, 9.17) is 0 Å². The summed E-state index contributed by atoms with van der Waals surface area (Å²) in [6, 6.07) is 6.08. The molecule has 0 radical (unpaired) electrons. The van der Waals surface area contributed by atoms with Crippen LogP contribution in [0.2, 0.25) is 0 Å². The molecule has 1 aromatic carbocycles. The lowest BCUT2D eigenvalue weighted by atomic mass is 10.1. The van der Waals surface area contributed by atoms with Crippen LogP contribution in [0.3, 0.4) is 0 Å². The first-order valence-electron chi connectivity index (χ1n) is 5.87. The molecule has 0 fully saturated rings. The third-order valence-corrected chi connectivity index (χ3v) is 2.90. The molecule has 2 rings (SSSR count). The first-order valence-corrected chi connectivity index (χ1v) is 5.87. The van der Waals surface area contributed by atoms with Crippen LogP contribution >= 0.6 is 0 Å². The van der Waals surface area contributed by atoms with E-state index in [1.807, 2.05) is 0 Å². The van der Waals surface area contributed by atoms with Crippen LogP contribution in [-0.4, -0.2) is 9.55 Å². The summed E-state index contributed by atoms with van der Waals surface area (Å²) in [6.45, 7) is -0.705. The standard InChI is InChI=1S/C13H14F3N3/c1-9(10-4-2-3-5-11(10)14)18-8-12-17-6-7-19(12)13(15)16/h2-7,9,13,18H,8H2,1H3/t9-/m1/s1. The van der Waals surface area contributed by atoms with Crippen LogP contribution in [-0.2, 0) is 6.54 Å². The van der Waals surface area contributed by atoms with Crippen LogP contribution in [0.25, 0.3) is 0 Å². The van der Waals surface area contributed by atoms with Gasteiger partial charge in [0.15, 0.2) is 0 Å². The van der Waals surface area contributed by atoms with Crippen LogP contribution in [0.15, 0.2) is 36.7 Å². The smallest absolute Gasteiger partial charge is 0.303 e. The van der Waals surface area contributed by atoms with Crippen molar-refractivity contribution in [3.8, 4) is 0 Å². The molecule has 2 aromatic rings. The maximum Gasteiger partial charge on any atom is 0.319 e. The largest absolute Gasteiger partial charge is 0.319 e. The minimum atomic E-state index is -2.62. The number of rotatable bonds is 5. The molecule has 0 aliphatic rings. The van der Waals surface area contributed by atoms with E-state index < -0.39 is 6.55 Å². The van der Waals surface area contributed by atoms with Crippen LogP contribution in [0, 0.1) is 5.82 Å². The molecule has 6 heteroatoms. The van der Waals surface area contributed by atoms with Gasteiger partial charge in [-0.3, -0.25) is 4.57 Å². The summed E-state index contributed by atoms with van der Waals surface area (Å²) in [5, 5.41) is 2.98. The van der Waals surface area contributed by atoms with Gasteiger partial charge in [0.1, 0.15) is 11.6 Å². The highest BCUT2D eigenvalue weighted by Crippen LogP contribution is 2.17. The molecule has 0 unspecified atom stereocenters. The van der Waals surface area contributed by atoms with E-state index in [1.54, 1.807) is 25.1 Å². The third kappa shape index (κ3) is 3.14. The van der Waals surface area contributed by atoms with Gasteiger partial charge in [-0.25, -0.2) is 9.37 Å². The van der Waals surface area contributed by atoms with Crippen molar-refractivity contribution >= 4 is 0 Å². The molecule has 1 heterocycles. The zero-order valence-electron chi connectivity index (χ0n) is 10.4. The van der Waals surface area contributed by atoms with Crippen molar-refractivity contribution in [2.75, 3.05) is 0 Å². The van der Waals surface area contributed by atoms with Crippen LogP contribution < -0.4 is 5.32 Å². The van der Waals surface area contributed by atoms with Crippen molar-refractivity contribution in [1.29, 1.82) is 0 Å². The molecule has 0 amide bonds. The second-order valence-electron chi connectivity index (χ2n) is 4.15. The lowest BCUT2D eigenvalue weighted by molar-refractivity contribution is 0.0665. The molecule has 1 N–H and O–H groups in total. The second kappa shape index (κ2) is 5.88. The van der Waals surface area contributed by atoms with E-state index in [0.29, 0.717) is 5.56 Å². The number of nitrogens with zero attached hydrogens (tertiary/aromatic N) is 2. The average Bonchev–Trinajstić information content (AvgIpc) is 2.85. The molecule has 0 bridgehead atoms. The lowest BCUT2D eigenvalue weighted by Crippen LogP contribution is -2.21. The summed E-state index contributed by atoms with van der Waals surface area (Å²) >= 11 is 0. The Balaban J connectivity index is 2.03. The van der Waals surface area contributed by atoms with Gasteiger partial charge >= 0.3 is 6.55 Å². The normalized spacial score (nSPS) is 12.9. The average molecular weight is 269 g/mol. The van der Waals surface area contributed by atoms with Gasteiger partial charge in [0, 0.05) is 24.0 Å². The predicted molar refractivity (Wildman–Crippen MR) is 65.1 cm³/mol. The zero-order valence-corrected chi connectivity index (χ0v) is 10.4. The summed E-state index contributed by atoms with van der Waals surface area (Å²) in [5.41, 5.74) is 0.498. The quantitative estimate of drug-likeness (QED) is 0.902. The molecule has 0 aliphatic carbocycles. The van der Waals surface area contributed by atoms with E-state index in [1.165, 1.54) is 18.5 Å². The predicted octanol–water partition coefficient (Wildman–Crippen LogP) is 3.27. The number of hydrogen-bond acceptors (Lipinski definition) is 2. The van der Waals surface area contributed by atoms with Gasteiger partial charge in [0.2, 0.25) is 0 Å². The van der Waals surface area contributed by atoms with Crippen LogP contribution in [0.4, 0.5) is 13.2 Å². The Hall–Kier alpha value is -1.82. The number of alkyl halides is 2. The Bertz CT molecular complexity index is 539. The van der Waals surface area contributed by atoms with E-state index in [0.717, 1.165) is 4.57 Å². The first-order chi connectivity index (χ1) is 9.09. The van der Waals surface area contributed by atoms with Crippen molar-refractivity contribution < 1.29 is 13.2 Å². The molecule has 1 atom stereocenters. The van der Waals surface area contributed by atoms with Crippen molar-refractivity contribution in [3.63, 3.8) is 0 Å². The van der Waals surface area contributed by atoms with Gasteiger partial charge in [-0.1, -0.05) is 18.2 Å². The molecule has 0 spiro atoms. The monoisotopic (exact) mass is 269 g/mol. The van der Waals surface area contributed by atoms with E-state index in [2.05, 4.69) is 10.3 Å². The summed E-state index contributed by atoms with van der Waals surface area (Å²) in [6.07, 6.45) is 2.53. The summed E-state index contributed by atoms with van der Waals surface area (Å²) in [7, 11) is 0. The summed E-state index contributed by atoms with van der Waals surface area (Å²) in [4.78, 5) is 3.85. The van der Waals surface area contributed by atoms with Gasteiger partial charge in [-0.05, 0) is 13.0 Å². The van der Waals surface area contributed by atoms with E-state index in [9.17, 15) is 13.2 Å². The summed E-state index contributed by atoms with van der Waals surface area (Å²) in [5.74, 6) is -0.0992. The fourth-order valence-corrected chi connectivity index (χ4v) is 1.84. The molecule has 102 valence electrons. The highest BCUT2D eigenvalue weighted by atomic mass is 19.3. The highest BCUT2D eigenvalue weighted by molar-refractivity contribution is 5.20. The van der Waals surface area contributed by atoms with Gasteiger partial charge < -0.3 is 5.32 Å². The van der Waals surface area contributed by atoms with E-state index in [-0.39, 0.29) is 24.2 Å². The molecular formula is C13H14F3N3. The van der Waals surface area contributed by atoms with Gasteiger partial charge in [-0.15, -0.1) is 0 Å². The van der Waals surface area contributed by atoms with Gasteiger partial charge in [0.25, 0.3) is 0 Å². The van der Waals surface area contributed by atoms with E-state index >= 15 is 0 Å². The number of imidazole rings is 1. The maximum atomic E-state index is 13.5. The first kappa shape index (κ1) is 13.6. The summed E-state index contributed by atoms with van der Waals surface area (Å²) < 4.78 is 39.5. The topological polar surface area (TPSA) is 29.9 Å². The lowest BCUT2D eigenvalue weighted by Gasteiger charge is -2.15. The number of aromatic nitrogens is 2. The van der Waals surface area contributed by atoms with Gasteiger partial charge in [0.05, 0.1) is 6.54 Å². The van der Waals surface area contributed by atoms with Crippen LogP contribution in [0.5, 0.6) is 0 Å². The van der Waals surface area contributed by atoms with Gasteiger partial charge in [-0.2, -0.15) is 8.78 Å². The third-order valence-electron chi connectivity index (χ3n) is 2.90.